The molecule has 0 bridgehead atoms. The van der Waals surface area contributed by atoms with Crippen molar-refractivity contribution >= 4 is 11.8 Å². The van der Waals surface area contributed by atoms with Crippen molar-refractivity contribution in [3.8, 4) is 11.5 Å². The number of methoxy groups -OCH3 is 2. The van der Waals surface area contributed by atoms with Crippen molar-refractivity contribution < 1.29 is 19.1 Å². The zero-order valence-corrected chi connectivity index (χ0v) is 13.1. The SMILES string of the molecule is COc1cccc(OC)c1C(=O)NCCN1CCCCC1=O. The van der Waals surface area contributed by atoms with Crippen LogP contribution in [0.4, 0.5) is 0 Å². The maximum atomic E-state index is 12.4. The van der Waals surface area contributed by atoms with E-state index in [0.717, 1.165) is 19.4 Å². The molecule has 0 spiro atoms. The van der Waals surface area contributed by atoms with Crippen LogP contribution < -0.4 is 14.8 Å². The second kappa shape index (κ2) is 7.68. The van der Waals surface area contributed by atoms with Crippen molar-refractivity contribution in [2.24, 2.45) is 0 Å². The predicted molar refractivity (Wildman–Crippen MR) is 82.3 cm³/mol. The van der Waals surface area contributed by atoms with Gasteiger partial charge in [0.1, 0.15) is 17.1 Å². The quantitative estimate of drug-likeness (QED) is 0.863. The minimum absolute atomic E-state index is 0.162. The van der Waals surface area contributed by atoms with E-state index in [2.05, 4.69) is 5.32 Å². The molecular weight excluding hydrogens is 284 g/mol. The average molecular weight is 306 g/mol. The average Bonchev–Trinajstić information content (AvgIpc) is 2.55. The van der Waals surface area contributed by atoms with E-state index in [1.165, 1.54) is 14.2 Å². The summed E-state index contributed by atoms with van der Waals surface area (Å²) < 4.78 is 10.4. The zero-order valence-electron chi connectivity index (χ0n) is 13.1. The van der Waals surface area contributed by atoms with Crippen molar-refractivity contribution in [3.05, 3.63) is 23.8 Å². The molecule has 22 heavy (non-hydrogen) atoms. The van der Waals surface area contributed by atoms with Crippen molar-refractivity contribution in [2.75, 3.05) is 33.9 Å². The fraction of sp³-hybridized carbons (Fsp3) is 0.500. The normalized spacial score (nSPS) is 14.6. The van der Waals surface area contributed by atoms with Gasteiger partial charge in [0.15, 0.2) is 0 Å². The lowest BCUT2D eigenvalue weighted by atomic mass is 10.1. The smallest absolute Gasteiger partial charge is 0.258 e. The first-order valence-electron chi connectivity index (χ1n) is 7.44. The van der Waals surface area contributed by atoms with Crippen LogP contribution in [0.2, 0.25) is 0 Å². The number of carbonyl (C=O) groups is 2. The van der Waals surface area contributed by atoms with Crippen LogP contribution in [0.25, 0.3) is 0 Å². The van der Waals surface area contributed by atoms with Gasteiger partial charge in [0.05, 0.1) is 14.2 Å². The van der Waals surface area contributed by atoms with Gasteiger partial charge in [-0.05, 0) is 25.0 Å². The molecule has 6 nitrogen and oxygen atoms in total. The van der Waals surface area contributed by atoms with Gasteiger partial charge in [-0.3, -0.25) is 9.59 Å². The molecule has 0 aliphatic carbocycles. The van der Waals surface area contributed by atoms with Gasteiger partial charge in [-0.2, -0.15) is 0 Å². The van der Waals surface area contributed by atoms with Gasteiger partial charge >= 0.3 is 0 Å². The molecule has 1 aliphatic heterocycles. The number of hydrogen-bond acceptors (Lipinski definition) is 4. The monoisotopic (exact) mass is 306 g/mol. The maximum absolute atomic E-state index is 12.4. The lowest BCUT2D eigenvalue weighted by Gasteiger charge is -2.26. The Labute approximate surface area is 130 Å². The van der Waals surface area contributed by atoms with E-state index in [4.69, 9.17) is 9.47 Å². The highest BCUT2D eigenvalue weighted by Gasteiger charge is 2.20. The molecule has 0 saturated carbocycles. The highest BCUT2D eigenvalue weighted by molar-refractivity contribution is 5.99. The Balaban J connectivity index is 1.96. The predicted octanol–water partition coefficient (Wildman–Crippen LogP) is 1.45. The Morgan fingerprint density at radius 1 is 1.23 bits per heavy atom. The summed E-state index contributed by atoms with van der Waals surface area (Å²) in [5.41, 5.74) is 0.373. The van der Waals surface area contributed by atoms with Crippen molar-refractivity contribution in [1.29, 1.82) is 0 Å². The van der Waals surface area contributed by atoms with E-state index in [1.54, 1.807) is 23.1 Å². The van der Waals surface area contributed by atoms with Crippen LogP contribution in [0, 0.1) is 0 Å². The van der Waals surface area contributed by atoms with Gasteiger partial charge in [0.2, 0.25) is 5.91 Å². The summed E-state index contributed by atoms with van der Waals surface area (Å²) in [4.78, 5) is 25.9. The van der Waals surface area contributed by atoms with Crippen molar-refractivity contribution in [1.82, 2.24) is 10.2 Å². The molecule has 1 saturated heterocycles. The number of hydrogen-bond donors (Lipinski definition) is 1. The third-order valence-electron chi connectivity index (χ3n) is 3.74. The molecular formula is C16H22N2O4. The van der Waals surface area contributed by atoms with Crippen LogP contribution >= 0.6 is 0 Å². The summed E-state index contributed by atoms with van der Waals surface area (Å²) >= 11 is 0. The third-order valence-corrected chi connectivity index (χ3v) is 3.74. The number of nitrogens with zero attached hydrogens (tertiary/aromatic N) is 1. The molecule has 2 amide bonds. The van der Waals surface area contributed by atoms with Crippen LogP contribution in [0.5, 0.6) is 11.5 Å². The van der Waals surface area contributed by atoms with E-state index in [1.807, 2.05) is 0 Å². The van der Waals surface area contributed by atoms with Crippen LogP contribution in [-0.2, 0) is 4.79 Å². The highest BCUT2D eigenvalue weighted by atomic mass is 16.5. The Morgan fingerprint density at radius 3 is 2.50 bits per heavy atom. The molecule has 1 aliphatic rings. The van der Waals surface area contributed by atoms with Crippen LogP contribution in [0.3, 0.4) is 0 Å². The third kappa shape index (κ3) is 3.69. The van der Waals surface area contributed by atoms with E-state index in [9.17, 15) is 9.59 Å². The van der Waals surface area contributed by atoms with Gasteiger partial charge < -0.3 is 19.7 Å². The molecule has 1 aromatic rings. The largest absolute Gasteiger partial charge is 0.496 e. The number of carbonyl (C=O) groups excluding carboxylic acids is 2. The lowest BCUT2D eigenvalue weighted by Crippen LogP contribution is -2.41. The van der Waals surface area contributed by atoms with Gasteiger partial charge in [-0.25, -0.2) is 0 Å². The van der Waals surface area contributed by atoms with E-state index in [0.29, 0.717) is 36.6 Å². The summed E-state index contributed by atoms with van der Waals surface area (Å²) in [6, 6.07) is 5.19. The van der Waals surface area contributed by atoms with Crippen LogP contribution in [0.15, 0.2) is 18.2 Å². The standard InChI is InChI=1S/C16H22N2O4/c1-21-12-6-5-7-13(22-2)15(12)16(20)17-9-11-18-10-4-3-8-14(18)19/h5-7H,3-4,8-11H2,1-2H3,(H,17,20). The summed E-state index contributed by atoms with van der Waals surface area (Å²) in [6.07, 6.45) is 2.59. The summed E-state index contributed by atoms with van der Waals surface area (Å²) in [7, 11) is 3.02. The fourth-order valence-electron chi connectivity index (χ4n) is 2.57. The van der Waals surface area contributed by atoms with E-state index in [-0.39, 0.29) is 11.8 Å². The number of benzene rings is 1. The van der Waals surface area contributed by atoms with Gasteiger partial charge in [0, 0.05) is 26.1 Å². The molecule has 0 radical (unpaired) electrons. The number of rotatable bonds is 6. The Kier molecular flexibility index (Phi) is 5.63. The minimum Gasteiger partial charge on any atom is -0.496 e. The first-order chi connectivity index (χ1) is 10.7. The van der Waals surface area contributed by atoms with Crippen molar-refractivity contribution in [2.45, 2.75) is 19.3 Å². The number of amides is 2. The fourth-order valence-corrected chi connectivity index (χ4v) is 2.57. The number of ether oxygens (including phenoxy) is 2. The molecule has 0 aromatic heterocycles. The molecule has 6 heteroatoms. The molecule has 1 fully saturated rings. The molecule has 0 atom stereocenters. The summed E-state index contributed by atoms with van der Waals surface area (Å²) in [6.45, 7) is 1.71. The molecule has 0 unspecified atom stereocenters. The van der Waals surface area contributed by atoms with Crippen LogP contribution in [-0.4, -0.2) is 50.6 Å². The zero-order chi connectivity index (χ0) is 15.9. The first-order valence-corrected chi connectivity index (χ1v) is 7.44. The molecule has 1 heterocycles. The van der Waals surface area contributed by atoms with Gasteiger partial charge in [0.25, 0.3) is 5.91 Å². The number of likely N-dealkylation sites (tertiary alicyclic amines) is 1. The van der Waals surface area contributed by atoms with Crippen molar-refractivity contribution in [3.63, 3.8) is 0 Å². The maximum Gasteiger partial charge on any atom is 0.258 e. The van der Waals surface area contributed by atoms with Gasteiger partial charge in [-0.1, -0.05) is 6.07 Å². The van der Waals surface area contributed by atoms with Gasteiger partial charge in [-0.15, -0.1) is 0 Å². The minimum atomic E-state index is -0.265. The summed E-state index contributed by atoms with van der Waals surface area (Å²) in [5.74, 6) is 0.825. The Morgan fingerprint density at radius 2 is 1.91 bits per heavy atom. The molecule has 1 aromatic carbocycles. The molecule has 120 valence electrons. The topological polar surface area (TPSA) is 67.9 Å². The Bertz CT molecular complexity index is 523. The second-order valence-electron chi connectivity index (χ2n) is 5.13. The van der Waals surface area contributed by atoms with E-state index < -0.39 is 0 Å². The first kappa shape index (κ1) is 16.1. The van der Waals surface area contributed by atoms with E-state index >= 15 is 0 Å². The second-order valence-corrected chi connectivity index (χ2v) is 5.13. The molecule has 1 N–H and O–H groups in total. The lowest BCUT2D eigenvalue weighted by molar-refractivity contribution is -0.133. The number of piperidine rings is 1. The molecule has 2 rings (SSSR count). The number of nitrogens with one attached hydrogen (secondary N) is 1. The Hall–Kier alpha value is -2.24. The van der Waals surface area contributed by atoms with Crippen LogP contribution in [0.1, 0.15) is 29.6 Å². The highest BCUT2D eigenvalue weighted by Crippen LogP contribution is 2.27. The summed E-state index contributed by atoms with van der Waals surface area (Å²) in [5, 5.41) is 2.82.